The second-order valence-electron chi connectivity index (χ2n) is 4.46. The van der Waals surface area contributed by atoms with Gasteiger partial charge < -0.3 is 11.5 Å². The molecule has 104 valence electrons. The normalized spacial score (nSPS) is 9.30. The van der Waals surface area contributed by atoms with Gasteiger partial charge in [-0.1, -0.05) is 35.4 Å². The molecule has 4 heteroatoms. The third-order valence-corrected chi connectivity index (χ3v) is 2.67. The summed E-state index contributed by atoms with van der Waals surface area (Å²) in [5.74, 6) is -0.750. The van der Waals surface area contributed by atoms with Gasteiger partial charge in [-0.3, -0.25) is 9.59 Å². The lowest BCUT2D eigenvalue weighted by atomic mass is 10.1. The molecule has 0 aliphatic carbocycles. The van der Waals surface area contributed by atoms with E-state index in [0.29, 0.717) is 11.1 Å². The molecule has 0 saturated heterocycles. The highest BCUT2D eigenvalue weighted by Gasteiger charge is 1.96. The van der Waals surface area contributed by atoms with E-state index in [2.05, 4.69) is 0 Å². The molecule has 2 rings (SSSR count). The van der Waals surface area contributed by atoms with Gasteiger partial charge in [0.15, 0.2) is 0 Å². The Labute approximate surface area is 118 Å². The second-order valence-corrected chi connectivity index (χ2v) is 4.46. The summed E-state index contributed by atoms with van der Waals surface area (Å²) in [6.45, 7) is 3.93. The van der Waals surface area contributed by atoms with Gasteiger partial charge in [0.1, 0.15) is 0 Å². The number of carbonyl (C=O) groups excluding carboxylic acids is 2. The molecule has 0 unspecified atom stereocenters. The van der Waals surface area contributed by atoms with Crippen LogP contribution >= 0.6 is 0 Å². The quantitative estimate of drug-likeness (QED) is 0.876. The zero-order chi connectivity index (χ0) is 15.1. The molecule has 0 aromatic heterocycles. The fourth-order valence-corrected chi connectivity index (χ4v) is 1.44. The van der Waals surface area contributed by atoms with E-state index in [4.69, 9.17) is 11.5 Å². The molecule has 0 heterocycles. The first kappa shape index (κ1) is 15.4. The summed E-state index contributed by atoms with van der Waals surface area (Å²) >= 11 is 0. The molecular weight excluding hydrogens is 252 g/mol. The summed E-state index contributed by atoms with van der Waals surface area (Å²) in [6.07, 6.45) is 0. The van der Waals surface area contributed by atoms with E-state index in [0.717, 1.165) is 11.1 Å². The van der Waals surface area contributed by atoms with Crippen molar-refractivity contribution in [2.24, 2.45) is 11.5 Å². The van der Waals surface area contributed by atoms with Crippen LogP contribution in [0.4, 0.5) is 0 Å². The van der Waals surface area contributed by atoms with Crippen LogP contribution in [0.1, 0.15) is 31.8 Å². The Kier molecular flexibility index (Phi) is 5.47. The van der Waals surface area contributed by atoms with Crippen molar-refractivity contribution in [2.75, 3.05) is 0 Å². The van der Waals surface area contributed by atoms with Crippen molar-refractivity contribution in [3.63, 3.8) is 0 Å². The largest absolute Gasteiger partial charge is 0.366 e. The number of hydrogen-bond donors (Lipinski definition) is 2. The molecule has 20 heavy (non-hydrogen) atoms. The first-order chi connectivity index (χ1) is 9.40. The monoisotopic (exact) mass is 270 g/mol. The van der Waals surface area contributed by atoms with Gasteiger partial charge in [0.2, 0.25) is 11.8 Å². The predicted molar refractivity (Wildman–Crippen MR) is 79.4 cm³/mol. The van der Waals surface area contributed by atoms with Gasteiger partial charge in [0, 0.05) is 11.1 Å². The third-order valence-electron chi connectivity index (χ3n) is 2.67. The zero-order valence-electron chi connectivity index (χ0n) is 11.6. The number of carbonyl (C=O) groups is 2. The number of nitrogens with two attached hydrogens (primary N) is 2. The topological polar surface area (TPSA) is 86.2 Å². The summed E-state index contributed by atoms with van der Waals surface area (Å²) < 4.78 is 0. The van der Waals surface area contributed by atoms with E-state index < -0.39 is 0 Å². The average Bonchev–Trinajstić information content (AvgIpc) is 2.40. The molecule has 4 nitrogen and oxygen atoms in total. The number of primary amides is 2. The van der Waals surface area contributed by atoms with Gasteiger partial charge in [-0.25, -0.2) is 0 Å². The second kappa shape index (κ2) is 7.09. The highest BCUT2D eigenvalue weighted by Crippen LogP contribution is 2.01. The molecule has 0 aliphatic heterocycles. The van der Waals surface area contributed by atoms with E-state index in [1.165, 1.54) is 0 Å². The third kappa shape index (κ3) is 4.94. The van der Waals surface area contributed by atoms with Crippen LogP contribution in [0.15, 0.2) is 48.5 Å². The Morgan fingerprint density at radius 1 is 0.650 bits per heavy atom. The molecule has 2 aromatic carbocycles. The van der Waals surface area contributed by atoms with Crippen molar-refractivity contribution >= 4 is 11.8 Å². The summed E-state index contributed by atoms with van der Waals surface area (Å²) in [6, 6.07) is 14.3. The average molecular weight is 270 g/mol. The molecule has 0 aliphatic rings. The SMILES string of the molecule is Cc1ccc(C(N)=O)cc1.Cc1ccc(C(N)=O)cc1. The van der Waals surface area contributed by atoms with Gasteiger partial charge in [-0.2, -0.15) is 0 Å². The summed E-state index contributed by atoms with van der Waals surface area (Å²) in [4.78, 5) is 21.1. The van der Waals surface area contributed by atoms with Crippen LogP contribution < -0.4 is 11.5 Å². The minimum absolute atomic E-state index is 0.375. The van der Waals surface area contributed by atoms with Gasteiger partial charge >= 0.3 is 0 Å². The number of benzene rings is 2. The highest BCUT2D eigenvalue weighted by atomic mass is 16.1. The minimum Gasteiger partial charge on any atom is -0.366 e. The lowest BCUT2D eigenvalue weighted by Crippen LogP contribution is -2.10. The number of rotatable bonds is 2. The van der Waals surface area contributed by atoms with Crippen molar-refractivity contribution in [1.29, 1.82) is 0 Å². The van der Waals surface area contributed by atoms with Crippen LogP contribution in [0, 0.1) is 13.8 Å². The lowest BCUT2D eigenvalue weighted by molar-refractivity contribution is 0.0992. The molecule has 0 saturated carbocycles. The van der Waals surface area contributed by atoms with E-state index in [1.54, 1.807) is 24.3 Å². The number of hydrogen-bond acceptors (Lipinski definition) is 2. The van der Waals surface area contributed by atoms with E-state index in [1.807, 2.05) is 38.1 Å². The summed E-state index contributed by atoms with van der Waals surface area (Å²) in [7, 11) is 0. The molecule has 2 aromatic rings. The lowest BCUT2D eigenvalue weighted by Gasteiger charge is -1.93. The molecule has 0 radical (unpaired) electrons. The van der Waals surface area contributed by atoms with Crippen molar-refractivity contribution in [3.8, 4) is 0 Å². The molecule has 2 amide bonds. The van der Waals surface area contributed by atoms with Crippen molar-refractivity contribution in [3.05, 3.63) is 70.8 Å². The fourth-order valence-electron chi connectivity index (χ4n) is 1.44. The van der Waals surface area contributed by atoms with Crippen LogP contribution in [0.2, 0.25) is 0 Å². The molecule has 0 spiro atoms. The van der Waals surface area contributed by atoms with Crippen LogP contribution in [-0.4, -0.2) is 11.8 Å². The molecular formula is C16H18N2O2. The number of aryl methyl sites for hydroxylation is 2. The van der Waals surface area contributed by atoms with Crippen LogP contribution in [-0.2, 0) is 0 Å². The Hall–Kier alpha value is -2.62. The van der Waals surface area contributed by atoms with E-state index in [-0.39, 0.29) is 11.8 Å². The van der Waals surface area contributed by atoms with Crippen LogP contribution in [0.3, 0.4) is 0 Å². The maximum atomic E-state index is 10.5. The van der Waals surface area contributed by atoms with Crippen molar-refractivity contribution in [1.82, 2.24) is 0 Å². The minimum atomic E-state index is -0.375. The zero-order valence-corrected chi connectivity index (χ0v) is 11.6. The fraction of sp³-hybridized carbons (Fsp3) is 0.125. The Bertz CT molecular complexity index is 531. The van der Waals surface area contributed by atoms with Crippen LogP contribution in [0.25, 0.3) is 0 Å². The van der Waals surface area contributed by atoms with Crippen molar-refractivity contribution < 1.29 is 9.59 Å². The Morgan fingerprint density at radius 2 is 0.900 bits per heavy atom. The standard InChI is InChI=1S/2C8H9NO/c2*1-6-2-4-7(5-3-6)8(9)10/h2*2-5H,1H3,(H2,9,10). The van der Waals surface area contributed by atoms with Gasteiger partial charge in [-0.15, -0.1) is 0 Å². The molecule has 4 N–H and O–H groups in total. The predicted octanol–water partition coefficient (Wildman–Crippen LogP) is 2.19. The Balaban J connectivity index is 0.000000200. The van der Waals surface area contributed by atoms with Crippen molar-refractivity contribution in [2.45, 2.75) is 13.8 Å². The van der Waals surface area contributed by atoms with Gasteiger partial charge in [0.25, 0.3) is 0 Å². The summed E-state index contributed by atoms with van der Waals surface area (Å²) in [5, 5.41) is 0. The highest BCUT2D eigenvalue weighted by molar-refractivity contribution is 5.93. The molecule has 0 atom stereocenters. The van der Waals surface area contributed by atoms with E-state index in [9.17, 15) is 9.59 Å². The maximum Gasteiger partial charge on any atom is 0.248 e. The first-order valence-corrected chi connectivity index (χ1v) is 6.13. The Morgan fingerprint density at radius 3 is 1.10 bits per heavy atom. The smallest absolute Gasteiger partial charge is 0.248 e. The van der Waals surface area contributed by atoms with Gasteiger partial charge in [-0.05, 0) is 38.1 Å². The molecule has 0 bridgehead atoms. The summed E-state index contributed by atoms with van der Waals surface area (Å²) in [5.41, 5.74) is 13.4. The van der Waals surface area contributed by atoms with Gasteiger partial charge in [0.05, 0.1) is 0 Å². The van der Waals surface area contributed by atoms with Crippen LogP contribution in [0.5, 0.6) is 0 Å². The first-order valence-electron chi connectivity index (χ1n) is 6.13. The number of amides is 2. The maximum absolute atomic E-state index is 10.5. The molecule has 0 fully saturated rings. The van der Waals surface area contributed by atoms with E-state index >= 15 is 0 Å².